The highest BCUT2D eigenvalue weighted by Crippen LogP contribution is 2.29. The van der Waals surface area contributed by atoms with Crippen molar-refractivity contribution in [2.24, 2.45) is 5.92 Å². The quantitative estimate of drug-likeness (QED) is 0.778. The smallest absolute Gasteiger partial charge is 0.410 e. The Balaban J connectivity index is 1.73. The predicted molar refractivity (Wildman–Crippen MR) is 85.4 cm³/mol. The fourth-order valence-corrected chi connectivity index (χ4v) is 3.11. The van der Waals surface area contributed by atoms with Gasteiger partial charge in [0.1, 0.15) is 5.60 Å². The van der Waals surface area contributed by atoms with Crippen LogP contribution in [0.5, 0.6) is 0 Å². The first-order valence-electron chi connectivity index (χ1n) is 8.61. The summed E-state index contributed by atoms with van der Waals surface area (Å²) in [6.45, 7) is 12.2. The lowest BCUT2D eigenvalue weighted by molar-refractivity contribution is 0.0168. The Hall–Kier alpha value is -0.770. The van der Waals surface area contributed by atoms with Gasteiger partial charge in [0.2, 0.25) is 0 Å². The van der Waals surface area contributed by atoms with E-state index in [0.29, 0.717) is 0 Å². The molecule has 0 aromatic carbocycles. The molecule has 2 fully saturated rings. The minimum atomic E-state index is -0.391. The summed E-state index contributed by atoms with van der Waals surface area (Å²) in [7, 11) is 0. The topological polar surface area (TPSA) is 32.8 Å². The van der Waals surface area contributed by atoms with E-state index in [9.17, 15) is 4.79 Å². The summed E-state index contributed by atoms with van der Waals surface area (Å²) >= 11 is 0. The maximum atomic E-state index is 12.1. The third kappa shape index (κ3) is 5.50. The van der Waals surface area contributed by atoms with Gasteiger partial charge in [-0.2, -0.15) is 0 Å². The second kappa shape index (κ2) is 6.99. The Bertz CT molecular complexity index is 339. The van der Waals surface area contributed by atoms with Crippen LogP contribution in [-0.2, 0) is 4.74 Å². The van der Waals surface area contributed by atoms with E-state index in [2.05, 4.69) is 11.8 Å². The zero-order valence-electron chi connectivity index (χ0n) is 14.2. The van der Waals surface area contributed by atoms with Gasteiger partial charge in [0.15, 0.2) is 0 Å². The van der Waals surface area contributed by atoms with E-state index < -0.39 is 5.60 Å². The van der Waals surface area contributed by atoms with E-state index in [4.69, 9.17) is 4.74 Å². The Kier molecular flexibility index (Phi) is 5.53. The molecule has 1 saturated carbocycles. The van der Waals surface area contributed by atoms with Crippen LogP contribution in [0.3, 0.4) is 0 Å². The highest BCUT2D eigenvalue weighted by atomic mass is 16.6. The number of likely N-dealkylation sites (tertiary alicyclic amines) is 1. The summed E-state index contributed by atoms with van der Waals surface area (Å²) < 4.78 is 5.46. The third-order valence-electron chi connectivity index (χ3n) is 4.33. The number of carbonyl (C=O) groups is 1. The van der Waals surface area contributed by atoms with Crippen molar-refractivity contribution in [3.05, 3.63) is 0 Å². The number of carbonyl (C=O) groups excluding carboxylic acids is 1. The highest BCUT2D eigenvalue weighted by molar-refractivity contribution is 5.68. The molecule has 4 heteroatoms. The molecule has 1 aliphatic heterocycles. The fraction of sp³-hybridized carbons (Fsp3) is 0.941. The molecule has 0 unspecified atom stereocenters. The molecule has 1 amide bonds. The third-order valence-corrected chi connectivity index (χ3v) is 4.33. The predicted octanol–water partition coefficient (Wildman–Crippen LogP) is 3.51. The van der Waals surface area contributed by atoms with Crippen LogP contribution in [0.15, 0.2) is 0 Å². The standard InChI is InChI=1S/C17H32N2O2/c1-5-10-19(15-6-7-15)13-14-8-11-18(12-9-14)16(20)21-17(2,3)4/h14-15H,5-13H2,1-4H3. The minimum absolute atomic E-state index is 0.145. The van der Waals surface area contributed by atoms with Crippen LogP contribution in [0.2, 0.25) is 0 Å². The van der Waals surface area contributed by atoms with Crippen LogP contribution in [0.25, 0.3) is 0 Å². The van der Waals surface area contributed by atoms with Gasteiger partial charge in [-0.15, -0.1) is 0 Å². The zero-order valence-corrected chi connectivity index (χ0v) is 14.2. The van der Waals surface area contributed by atoms with Gasteiger partial charge in [-0.25, -0.2) is 4.79 Å². The average molecular weight is 296 g/mol. The van der Waals surface area contributed by atoms with Gasteiger partial charge in [-0.05, 0) is 65.3 Å². The summed E-state index contributed by atoms with van der Waals surface area (Å²) in [5.41, 5.74) is -0.391. The van der Waals surface area contributed by atoms with Gasteiger partial charge in [0.25, 0.3) is 0 Å². The maximum absolute atomic E-state index is 12.1. The first-order chi connectivity index (χ1) is 9.89. The molecule has 2 aliphatic rings. The first kappa shape index (κ1) is 16.6. The van der Waals surface area contributed by atoms with Crippen molar-refractivity contribution in [1.82, 2.24) is 9.80 Å². The van der Waals surface area contributed by atoms with Crippen LogP contribution < -0.4 is 0 Å². The Morgan fingerprint density at radius 1 is 1.19 bits per heavy atom. The minimum Gasteiger partial charge on any atom is -0.444 e. The summed E-state index contributed by atoms with van der Waals surface area (Å²) in [5.74, 6) is 0.746. The molecule has 21 heavy (non-hydrogen) atoms. The first-order valence-corrected chi connectivity index (χ1v) is 8.61. The number of ether oxygens (including phenoxy) is 1. The van der Waals surface area contributed by atoms with Gasteiger partial charge in [0, 0.05) is 25.7 Å². The molecule has 0 aromatic rings. The number of piperidine rings is 1. The Morgan fingerprint density at radius 3 is 2.29 bits per heavy atom. The molecule has 0 radical (unpaired) electrons. The van der Waals surface area contributed by atoms with E-state index in [0.717, 1.165) is 37.9 Å². The Labute approximate surface area is 129 Å². The van der Waals surface area contributed by atoms with E-state index in [1.54, 1.807) is 0 Å². The van der Waals surface area contributed by atoms with Crippen molar-refractivity contribution in [2.75, 3.05) is 26.2 Å². The van der Waals surface area contributed by atoms with E-state index in [-0.39, 0.29) is 6.09 Å². The molecule has 1 aliphatic carbocycles. The van der Waals surface area contributed by atoms with Gasteiger partial charge in [-0.3, -0.25) is 0 Å². The molecule has 1 heterocycles. The lowest BCUT2D eigenvalue weighted by Crippen LogP contribution is -2.44. The lowest BCUT2D eigenvalue weighted by atomic mass is 9.96. The van der Waals surface area contributed by atoms with Gasteiger partial charge in [-0.1, -0.05) is 6.92 Å². The molecular formula is C17H32N2O2. The van der Waals surface area contributed by atoms with Crippen LogP contribution in [0.4, 0.5) is 4.79 Å². The van der Waals surface area contributed by atoms with Crippen molar-refractivity contribution in [2.45, 2.75) is 71.4 Å². The number of nitrogens with zero attached hydrogens (tertiary/aromatic N) is 2. The van der Waals surface area contributed by atoms with E-state index in [1.807, 2.05) is 25.7 Å². The molecule has 0 aromatic heterocycles. The van der Waals surface area contributed by atoms with Crippen molar-refractivity contribution in [3.63, 3.8) is 0 Å². The van der Waals surface area contributed by atoms with Crippen LogP contribution >= 0.6 is 0 Å². The molecular weight excluding hydrogens is 264 g/mol. The number of hydrogen-bond donors (Lipinski definition) is 0. The fourth-order valence-electron chi connectivity index (χ4n) is 3.11. The summed E-state index contributed by atoms with van der Waals surface area (Å²) in [6.07, 6.45) is 6.10. The Morgan fingerprint density at radius 2 is 1.81 bits per heavy atom. The second-order valence-corrected chi connectivity index (χ2v) is 7.64. The second-order valence-electron chi connectivity index (χ2n) is 7.64. The largest absolute Gasteiger partial charge is 0.444 e. The van der Waals surface area contributed by atoms with Gasteiger partial charge >= 0.3 is 6.09 Å². The molecule has 0 N–H and O–H groups in total. The van der Waals surface area contributed by atoms with Crippen LogP contribution in [0.1, 0.15) is 59.8 Å². The summed E-state index contributed by atoms with van der Waals surface area (Å²) in [6, 6.07) is 0.855. The lowest BCUT2D eigenvalue weighted by Gasteiger charge is -2.35. The highest BCUT2D eigenvalue weighted by Gasteiger charge is 2.32. The zero-order chi connectivity index (χ0) is 15.5. The normalized spacial score (nSPS) is 20.9. The van der Waals surface area contributed by atoms with Crippen molar-refractivity contribution >= 4 is 6.09 Å². The SMILES string of the molecule is CCCN(CC1CCN(C(=O)OC(C)(C)C)CC1)C1CC1. The van der Waals surface area contributed by atoms with Crippen molar-refractivity contribution < 1.29 is 9.53 Å². The van der Waals surface area contributed by atoms with Crippen LogP contribution in [0, 0.1) is 5.92 Å². The number of amides is 1. The molecule has 0 spiro atoms. The molecule has 4 nitrogen and oxygen atoms in total. The number of rotatable bonds is 5. The molecule has 0 atom stereocenters. The molecule has 0 bridgehead atoms. The van der Waals surface area contributed by atoms with Crippen LogP contribution in [-0.4, -0.2) is 53.7 Å². The molecule has 2 rings (SSSR count). The van der Waals surface area contributed by atoms with E-state index in [1.165, 1.54) is 32.4 Å². The summed E-state index contributed by atoms with van der Waals surface area (Å²) in [5, 5.41) is 0. The van der Waals surface area contributed by atoms with Gasteiger partial charge < -0.3 is 14.5 Å². The van der Waals surface area contributed by atoms with Crippen molar-refractivity contribution in [3.8, 4) is 0 Å². The van der Waals surface area contributed by atoms with E-state index >= 15 is 0 Å². The molecule has 1 saturated heterocycles. The number of hydrogen-bond acceptors (Lipinski definition) is 3. The van der Waals surface area contributed by atoms with Crippen molar-refractivity contribution in [1.29, 1.82) is 0 Å². The monoisotopic (exact) mass is 296 g/mol. The maximum Gasteiger partial charge on any atom is 0.410 e. The van der Waals surface area contributed by atoms with Gasteiger partial charge in [0.05, 0.1) is 0 Å². The average Bonchev–Trinajstić information content (AvgIpc) is 3.21. The summed E-state index contributed by atoms with van der Waals surface area (Å²) in [4.78, 5) is 16.6. The molecule has 122 valence electrons.